The number of phenols is 2. The number of hydrogen-bond acceptors (Lipinski definition) is 4. The minimum absolute atomic E-state index is 0.0367. The number of rotatable bonds is 1. The van der Waals surface area contributed by atoms with Gasteiger partial charge < -0.3 is 14.9 Å². The number of hydrogen-bond donors (Lipinski definition) is 3. The van der Waals surface area contributed by atoms with Crippen LogP contribution in [0, 0.1) is 0 Å². The largest absolute Gasteiger partial charge is 0.508 e. The summed E-state index contributed by atoms with van der Waals surface area (Å²) >= 11 is 4.57. The number of ether oxygens (including phenoxy) is 1. The molecular weight excluding hydrogens is 260 g/mol. The highest BCUT2D eigenvalue weighted by Crippen LogP contribution is 2.41. The molecule has 0 fully saturated rings. The number of aromatic hydroxyl groups is 2. The molecule has 1 aliphatic rings. The summed E-state index contributed by atoms with van der Waals surface area (Å²) in [6, 6.07) is 12.2. The molecule has 0 saturated heterocycles. The van der Waals surface area contributed by atoms with Crippen molar-refractivity contribution in [3.05, 3.63) is 53.6 Å². The second-order valence-corrected chi connectivity index (χ2v) is 5.32. The maximum absolute atomic E-state index is 9.82. The average molecular weight is 274 g/mol. The van der Waals surface area contributed by atoms with Crippen LogP contribution in [0.15, 0.2) is 42.5 Å². The van der Waals surface area contributed by atoms with Crippen molar-refractivity contribution in [3.63, 3.8) is 0 Å². The SMILES string of the molecule is Oc1ccc(C2Oc3cccc(O)c3C[C@H]2S)cc1. The maximum atomic E-state index is 9.82. The van der Waals surface area contributed by atoms with Crippen molar-refractivity contribution in [2.24, 2.45) is 0 Å². The van der Waals surface area contributed by atoms with Crippen LogP contribution < -0.4 is 4.74 Å². The van der Waals surface area contributed by atoms with Gasteiger partial charge in [0.25, 0.3) is 0 Å². The van der Waals surface area contributed by atoms with Gasteiger partial charge in [-0.1, -0.05) is 18.2 Å². The van der Waals surface area contributed by atoms with Crippen LogP contribution in [0.1, 0.15) is 17.2 Å². The Morgan fingerprint density at radius 2 is 1.79 bits per heavy atom. The second-order valence-electron chi connectivity index (χ2n) is 4.66. The summed E-state index contributed by atoms with van der Waals surface area (Å²) < 4.78 is 5.93. The van der Waals surface area contributed by atoms with Crippen LogP contribution in [0.4, 0.5) is 0 Å². The zero-order chi connectivity index (χ0) is 13.4. The highest BCUT2D eigenvalue weighted by molar-refractivity contribution is 7.81. The first-order valence-corrected chi connectivity index (χ1v) is 6.61. The van der Waals surface area contributed by atoms with Gasteiger partial charge in [-0.2, -0.15) is 12.6 Å². The van der Waals surface area contributed by atoms with E-state index in [0.717, 1.165) is 11.1 Å². The first kappa shape index (κ1) is 12.2. The Bertz CT molecular complexity index is 595. The van der Waals surface area contributed by atoms with E-state index in [1.807, 2.05) is 18.2 Å². The third-order valence-electron chi connectivity index (χ3n) is 3.35. The summed E-state index contributed by atoms with van der Waals surface area (Å²) in [7, 11) is 0. The predicted octanol–water partition coefficient (Wildman–Crippen LogP) is 3.07. The summed E-state index contributed by atoms with van der Waals surface area (Å²) in [4.78, 5) is 0. The van der Waals surface area contributed by atoms with Crippen molar-refractivity contribution in [1.82, 2.24) is 0 Å². The van der Waals surface area contributed by atoms with Crippen molar-refractivity contribution in [3.8, 4) is 17.2 Å². The molecular formula is C15H14O3S. The molecule has 0 saturated carbocycles. The summed E-state index contributed by atoms with van der Waals surface area (Å²) in [5.41, 5.74) is 1.77. The fourth-order valence-electron chi connectivity index (χ4n) is 2.36. The Kier molecular flexibility index (Phi) is 3.03. The topological polar surface area (TPSA) is 49.7 Å². The minimum Gasteiger partial charge on any atom is -0.508 e. The van der Waals surface area contributed by atoms with Gasteiger partial charge in [-0.3, -0.25) is 0 Å². The van der Waals surface area contributed by atoms with E-state index in [-0.39, 0.29) is 22.9 Å². The molecule has 0 radical (unpaired) electrons. The molecule has 3 nitrogen and oxygen atoms in total. The first-order valence-electron chi connectivity index (χ1n) is 6.09. The molecule has 1 unspecified atom stereocenters. The number of fused-ring (bicyclic) bond motifs is 1. The molecule has 2 aromatic rings. The van der Waals surface area contributed by atoms with Crippen LogP contribution in [0.3, 0.4) is 0 Å². The lowest BCUT2D eigenvalue weighted by atomic mass is 9.96. The van der Waals surface area contributed by atoms with Crippen molar-refractivity contribution in [2.45, 2.75) is 17.8 Å². The monoisotopic (exact) mass is 274 g/mol. The Labute approximate surface area is 116 Å². The van der Waals surface area contributed by atoms with Crippen LogP contribution in [0.2, 0.25) is 0 Å². The van der Waals surface area contributed by atoms with Crippen LogP contribution in [-0.4, -0.2) is 15.5 Å². The normalized spacial score (nSPS) is 21.5. The molecule has 19 heavy (non-hydrogen) atoms. The van der Waals surface area contributed by atoms with Gasteiger partial charge in [-0.05, 0) is 36.2 Å². The Balaban J connectivity index is 1.95. The van der Waals surface area contributed by atoms with Crippen LogP contribution in [-0.2, 0) is 6.42 Å². The molecule has 0 spiro atoms. The lowest BCUT2D eigenvalue weighted by Crippen LogP contribution is -2.26. The number of phenolic OH excluding ortho intramolecular Hbond substituents is 2. The van der Waals surface area contributed by atoms with Crippen molar-refractivity contribution >= 4 is 12.6 Å². The van der Waals surface area contributed by atoms with Gasteiger partial charge in [0.05, 0.1) is 0 Å². The van der Waals surface area contributed by atoms with Crippen LogP contribution in [0.25, 0.3) is 0 Å². The smallest absolute Gasteiger partial charge is 0.136 e. The zero-order valence-corrected chi connectivity index (χ0v) is 11.0. The Hall–Kier alpha value is -1.81. The molecule has 98 valence electrons. The molecule has 4 heteroatoms. The van der Waals surface area contributed by atoms with Gasteiger partial charge in [-0.15, -0.1) is 0 Å². The van der Waals surface area contributed by atoms with Gasteiger partial charge in [-0.25, -0.2) is 0 Å². The Morgan fingerprint density at radius 1 is 1.05 bits per heavy atom. The van der Waals surface area contributed by atoms with Crippen LogP contribution >= 0.6 is 12.6 Å². The van der Waals surface area contributed by atoms with Gasteiger partial charge in [0, 0.05) is 10.8 Å². The van der Waals surface area contributed by atoms with E-state index < -0.39 is 0 Å². The van der Waals surface area contributed by atoms with Gasteiger partial charge >= 0.3 is 0 Å². The van der Waals surface area contributed by atoms with E-state index in [1.165, 1.54) is 0 Å². The zero-order valence-electron chi connectivity index (χ0n) is 10.2. The van der Waals surface area contributed by atoms with Gasteiger partial charge in [0.2, 0.25) is 0 Å². The molecule has 0 bridgehead atoms. The van der Waals surface area contributed by atoms with E-state index in [1.54, 1.807) is 24.3 Å². The second kappa shape index (κ2) is 4.70. The van der Waals surface area contributed by atoms with Crippen molar-refractivity contribution in [1.29, 1.82) is 0 Å². The highest BCUT2D eigenvalue weighted by Gasteiger charge is 2.30. The minimum atomic E-state index is -0.182. The van der Waals surface area contributed by atoms with Crippen LogP contribution in [0.5, 0.6) is 17.2 Å². The Morgan fingerprint density at radius 3 is 2.53 bits per heavy atom. The van der Waals surface area contributed by atoms with Gasteiger partial charge in [0.15, 0.2) is 0 Å². The highest BCUT2D eigenvalue weighted by atomic mass is 32.1. The van der Waals surface area contributed by atoms with Crippen molar-refractivity contribution in [2.75, 3.05) is 0 Å². The number of thiol groups is 1. The maximum Gasteiger partial charge on any atom is 0.136 e. The quantitative estimate of drug-likeness (QED) is 0.700. The van der Waals surface area contributed by atoms with Gasteiger partial charge in [0.1, 0.15) is 23.4 Å². The van der Waals surface area contributed by atoms with E-state index in [0.29, 0.717) is 12.2 Å². The molecule has 1 aliphatic heterocycles. The molecule has 3 rings (SSSR count). The lowest BCUT2D eigenvalue weighted by molar-refractivity contribution is 0.182. The molecule has 2 N–H and O–H groups in total. The summed E-state index contributed by atoms with van der Waals surface area (Å²) in [5.74, 6) is 1.18. The molecule has 0 amide bonds. The fourth-order valence-corrected chi connectivity index (χ4v) is 2.77. The van der Waals surface area contributed by atoms with E-state index in [9.17, 15) is 10.2 Å². The van der Waals surface area contributed by atoms with Crippen molar-refractivity contribution < 1.29 is 14.9 Å². The van der Waals surface area contributed by atoms with E-state index in [2.05, 4.69) is 12.6 Å². The summed E-state index contributed by atoms with van der Waals surface area (Å²) in [6.07, 6.45) is 0.467. The third kappa shape index (κ3) is 2.24. The number of benzene rings is 2. The molecule has 0 aromatic heterocycles. The lowest BCUT2D eigenvalue weighted by Gasteiger charge is -2.31. The summed E-state index contributed by atoms with van der Waals surface area (Å²) in [6.45, 7) is 0. The molecule has 0 aliphatic carbocycles. The molecule has 2 aromatic carbocycles. The first-order chi connectivity index (χ1) is 9.15. The van der Waals surface area contributed by atoms with E-state index in [4.69, 9.17) is 4.74 Å². The standard InChI is InChI=1S/C15H14O3S/c16-10-6-4-9(5-7-10)15-14(19)8-11-12(17)2-1-3-13(11)18-15/h1-7,14-17,19H,8H2/t14-,15?/m1/s1. The third-order valence-corrected chi connectivity index (χ3v) is 3.80. The summed E-state index contributed by atoms with van der Waals surface area (Å²) in [5, 5.41) is 19.1. The predicted molar refractivity (Wildman–Crippen MR) is 76.1 cm³/mol. The molecule has 2 atom stereocenters. The average Bonchev–Trinajstić information content (AvgIpc) is 2.40. The van der Waals surface area contributed by atoms with E-state index >= 15 is 0 Å². The fraction of sp³-hybridized carbons (Fsp3) is 0.200. The molecule has 1 heterocycles.